The first-order valence-electron chi connectivity index (χ1n) is 9.71. The van der Waals surface area contributed by atoms with Gasteiger partial charge < -0.3 is 9.84 Å². The van der Waals surface area contributed by atoms with Crippen LogP contribution in [0.3, 0.4) is 0 Å². The summed E-state index contributed by atoms with van der Waals surface area (Å²) >= 11 is 3.41. The molecule has 1 N–H and O–H groups in total. The predicted molar refractivity (Wildman–Crippen MR) is 121 cm³/mol. The Morgan fingerprint density at radius 3 is 2.55 bits per heavy atom. The maximum atomic E-state index is 13.1. The van der Waals surface area contributed by atoms with Crippen molar-refractivity contribution in [2.45, 2.75) is 13.0 Å². The van der Waals surface area contributed by atoms with Crippen molar-refractivity contribution >= 4 is 39.1 Å². The molecule has 1 unspecified atom stereocenters. The second-order valence-electron chi connectivity index (χ2n) is 6.89. The molecule has 1 aromatic heterocycles. The van der Waals surface area contributed by atoms with Crippen LogP contribution >= 0.6 is 15.9 Å². The molecule has 6 nitrogen and oxygen atoms in total. The fourth-order valence-electron chi connectivity index (χ4n) is 3.61. The monoisotopic (exact) mass is 478 g/mol. The van der Waals surface area contributed by atoms with Crippen LogP contribution in [-0.2, 0) is 9.59 Å². The first-order valence-corrected chi connectivity index (χ1v) is 10.5. The van der Waals surface area contributed by atoms with Crippen LogP contribution in [0.25, 0.3) is 5.76 Å². The molecular weight excluding hydrogens is 460 g/mol. The SMILES string of the molecule is CCOc1ccc(/C(O)=C2\C(=O)C(=O)N(c3cccc(Br)c3)C2c2cccnc2)cc1. The molecule has 1 saturated heterocycles. The van der Waals surface area contributed by atoms with Crippen molar-refractivity contribution in [1.82, 2.24) is 4.98 Å². The summed E-state index contributed by atoms with van der Waals surface area (Å²) in [4.78, 5) is 31.7. The van der Waals surface area contributed by atoms with Crippen molar-refractivity contribution in [2.24, 2.45) is 0 Å². The van der Waals surface area contributed by atoms with Crippen LogP contribution in [0.4, 0.5) is 5.69 Å². The molecule has 1 aliphatic rings. The minimum atomic E-state index is -0.811. The smallest absolute Gasteiger partial charge is 0.300 e. The van der Waals surface area contributed by atoms with Gasteiger partial charge in [0.25, 0.3) is 11.7 Å². The molecule has 0 spiro atoms. The number of Topliss-reactive ketones (excluding diaryl/α,β-unsaturated/α-hetero) is 1. The highest BCUT2D eigenvalue weighted by Crippen LogP contribution is 2.42. The average Bonchev–Trinajstić information content (AvgIpc) is 3.05. The second kappa shape index (κ2) is 8.73. The zero-order chi connectivity index (χ0) is 22.0. The van der Waals surface area contributed by atoms with Gasteiger partial charge in [0.05, 0.1) is 18.2 Å². The van der Waals surface area contributed by atoms with Crippen LogP contribution in [0.5, 0.6) is 5.75 Å². The number of carbonyl (C=O) groups excluding carboxylic acids is 2. The van der Waals surface area contributed by atoms with Gasteiger partial charge >= 0.3 is 0 Å². The van der Waals surface area contributed by atoms with E-state index in [2.05, 4.69) is 20.9 Å². The molecule has 7 heteroatoms. The minimum absolute atomic E-state index is 0.0159. The maximum Gasteiger partial charge on any atom is 0.300 e. The Morgan fingerprint density at radius 1 is 1.13 bits per heavy atom. The van der Waals surface area contributed by atoms with E-state index in [1.54, 1.807) is 67.0 Å². The Morgan fingerprint density at radius 2 is 1.90 bits per heavy atom. The number of ether oxygens (including phenoxy) is 1. The van der Waals surface area contributed by atoms with Gasteiger partial charge in [0.2, 0.25) is 0 Å². The Hall–Kier alpha value is -3.45. The van der Waals surface area contributed by atoms with E-state index in [0.717, 1.165) is 4.47 Å². The molecule has 2 heterocycles. The number of rotatable bonds is 5. The Bertz CT molecular complexity index is 1160. The third-order valence-corrected chi connectivity index (χ3v) is 5.46. The number of amides is 1. The number of ketones is 1. The number of aliphatic hydroxyl groups is 1. The molecule has 0 radical (unpaired) electrons. The molecule has 1 atom stereocenters. The van der Waals surface area contributed by atoms with Gasteiger partial charge in [-0.05, 0) is 61.0 Å². The third kappa shape index (κ3) is 3.96. The van der Waals surface area contributed by atoms with Gasteiger partial charge in [0, 0.05) is 28.1 Å². The molecule has 2 aromatic carbocycles. The summed E-state index contributed by atoms with van der Waals surface area (Å²) in [6.07, 6.45) is 3.20. The molecule has 4 rings (SSSR count). The lowest BCUT2D eigenvalue weighted by Gasteiger charge is -2.25. The number of hydrogen-bond donors (Lipinski definition) is 1. The highest BCUT2D eigenvalue weighted by Gasteiger charge is 2.47. The summed E-state index contributed by atoms with van der Waals surface area (Å²) < 4.78 is 6.21. The molecule has 156 valence electrons. The van der Waals surface area contributed by atoms with Gasteiger partial charge in [-0.3, -0.25) is 19.5 Å². The summed E-state index contributed by atoms with van der Waals surface area (Å²) in [6, 6.07) is 16.6. The molecule has 1 fully saturated rings. The van der Waals surface area contributed by atoms with E-state index in [9.17, 15) is 14.7 Å². The molecule has 3 aromatic rings. The van der Waals surface area contributed by atoms with Crippen LogP contribution in [0.15, 0.2) is 83.1 Å². The van der Waals surface area contributed by atoms with Crippen LogP contribution in [0.2, 0.25) is 0 Å². The van der Waals surface area contributed by atoms with Gasteiger partial charge in [0.1, 0.15) is 11.5 Å². The summed E-state index contributed by atoms with van der Waals surface area (Å²) in [5, 5.41) is 11.1. The molecule has 31 heavy (non-hydrogen) atoms. The largest absolute Gasteiger partial charge is 0.507 e. The van der Waals surface area contributed by atoms with Gasteiger partial charge in [-0.2, -0.15) is 0 Å². The van der Waals surface area contributed by atoms with E-state index in [1.807, 2.05) is 13.0 Å². The topological polar surface area (TPSA) is 79.7 Å². The maximum absolute atomic E-state index is 13.1. The van der Waals surface area contributed by atoms with Crippen molar-refractivity contribution < 1.29 is 19.4 Å². The lowest BCUT2D eigenvalue weighted by Crippen LogP contribution is -2.29. The number of carbonyl (C=O) groups is 2. The summed E-state index contributed by atoms with van der Waals surface area (Å²) in [6.45, 7) is 2.40. The van der Waals surface area contributed by atoms with E-state index < -0.39 is 17.7 Å². The Kier molecular flexibility index (Phi) is 5.86. The molecule has 0 aliphatic carbocycles. The van der Waals surface area contributed by atoms with E-state index in [-0.39, 0.29) is 11.3 Å². The van der Waals surface area contributed by atoms with E-state index in [4.69, 9.17) is 4.74 Å². The van der Waals surface area contributed by atoms with E-state index in [1.165, 1.54) is 4.90 Å². The number of nitrogens with zero attached hydrogens (tertiary/aromatic N) is 2. The normalized spacial score (nSPS) is 17.7. The van der Waals surface area contributed by atoms with E-state index in [0.29, 0.717) is 29.2 Å². The summed E-state index contributed by atoms with van der Waals surface area (Å²) in [5.74, 6) is -1.05. The lowest BCUT2D eigenvalue weighted by atomic mass is 9.96. The highest BCUT2D eigenvalue weighted by atomic mass is 79.9. The van der Waals surface area contributed by atoms with Crippen molar-refractivity contribution in [2.75, 3.05) is 11.5 Å². The Labute approximate surface area is 187 Å². The number of halogens is 1. The molecule has 0 saturated carbocycles. The average molecular weight is 479 g/mol. The first kappa shape index (κ1) is 20.8. The van der Waals surface area contributed by atoms with Crippen LogP contribution in [0, 0.1) is 0 Å². The number of aliphatic hydroxyl groups excluding tert-OH is 1. The summed E-state index contributed by atoms with van der Waals surface area (Å²) in [7, 11) is 0. The summed E-state index contributed by atoms with van der Waals surface area (Å²) in [5.41, 5.74) is 1.59. The van der Waals surface area contributed by atoms with Crippen molar-refractivity contribution in [3.8, 4) is 5.75 Å². The number of hydrogen-bond acceptors (Lipinski definition) is 5. The molecule has 0 bridgehead atoms. The zero-order valence-electron chi connectivity index (χ0n) is 16.7. The molecule has 1 amide bonds. The lowest BCUT2D eigenvalue weighted by molar-refractivity contribution is -0.132. The van der Waals surface area contributed by atoms with Gasteiger partial charge in [0.15, 0.2) is 0 Å². The van der Waals surface area contributed by atoms with E-state index >= 15 is 0 Å². The van der Waals surface area contributed by atoms with Gasteiger partial charge in [-0.1, -0.05) is 28.1 Å². The van der Waals surface area contributed by atoms with Gasteiger partial charge in [-0.25, -0.2) is 0 Å². The van der Waals surface area contributed by atoms with Crippen molar-refractivity contribution in [3.05, 3.63) is 94.2 Å². The first-order chi connectivity index (χ1) is 15.0. The number of anilines is 1. The fourth-order valence-corrected chi connectivity index (χ4v) is 4.00. The molecular formula is C24H19BrN2O4. The zero-order valence-corrected chi connectivity index (χ0v) is 18.2. The number of benzene rings is 2. The van der Waals surface area contributed by atoms with Crippen molar-refractivity contribution in [3.63, 3.8) is 0 Å². The van der Waals surface area contributed by atoms with Crippen LogP contribution in [0.1, 0.15) is 24.1 Å². The standard InChI is InChI=1S/C24H19BrN2O4/c1-2-31-19-10-8-15(9-11-19)22(28)20-21(16-5-4-12-26-14-16)27(24(30)23(20)29)18-7-3-6-17(25)13-18/h3-14,21,28H,2H2,1H3/b22-20+. The minimum Gasteiger partial charge on any atom is -0.507 e. The van der Waals surface area contributed by atoms with Crippen LogP contribution < -0.4 is 9.64 Å². The predicted octanol–water partition coefficient (Wildman–Crippen LogP) is 4.87. The fraction of sp³-hybridized carbons (Fsp3) is 0.125. The second-order valence-corrected chi connectivity index (χ2v) is 7.81. The number of aromatic nitrogens is 1. The van der Waals surface area contributed by atoms with Gasteiger partial charge in [-0.15, -0.1) is 0 Å². The number of pyridine rings is 1. The Balaban J connectivity index is 1.88. The van der Waals surface area contributed by atoms with Crippen LogP contribution in [-0.4, -0.2) is 28.4 Å². The molecule has 1 aliphatic heterocycles. The van der Waals surface area contributed by atoms with Crippen molar-refractivity contribution in [1.29, 1.82) is 0 Å². The highest BCUT2D eigenvalue weighted by molar-refractivity contribution is 9.10. The third-order valence-electron chi connectivity index (χ3n) is 4.97. The quantitative estimate of drug-likeness (QED) is 0.321.